The van der Waals surface area contributed by atoms with Crippen LogP contribution in [0.25, 0.3) is 0 Å². The number of hydrogen-bond donors (Lipinski definition) is 0. The average Bonchev–Trinajstić information content (AvgIpc) is 3.51. The Morgan fingerprint density at radius 1 is 0.879 bits per heavy atom. The monoisotopic (exact) mass is 443 g/mol. The van der Waals surface area contributed by atoms with Gasteiger partial charge in [0.15, 0.2) is 23.0 Å². The van der Waals surface area contributed by atoms with Gasteiger partial charge in [0.2, 0.25) is 13.6 Å². The molecule has 0 saturated heterocycles. The van der Waals surface area contributed by atoms with E-state index in [4.69, 9.17) is 23.7 Å². The van der Waals surface area contributed by atoms with Crippen LogP contribution in [-0.4, -0.2) is 31.6 Å². The first-order valence-corrected chi connectivity index (χ1v) is 11.5. The van der Waals surface area contributed by atoms with Crippen molar-refractivity contribution in [2.45, 2.75) is 37.6 Å². The Morgan fingerprint density at radius 3 is 2.55 bits per heavy atom. The van der Waals surface area contributed by atoms with E-state index in [1.165, 1.54) is 27.8 Å². The van der Waals surface area contributed by atoms with Crippen molar-refractivity contribution in [1.29, 1.82) is 0 Å². The van der Waals surface area contributed by atoms with E-state index in [2.05, 4.69) is 54.4 Å². The molecule has 0 radical (unpaired) electrons. The largest absolute Gasteiger partial charge is 0.454 e. The molecule has 6 heteroatoms. The van der Waals surface area contributed by atoms with Gasteiger partial charge in [-0.25, -0.2) is 0 Å². The SMILES string of the molecule is CN1Cc2c(ccc3c2OCO3)[C@H]2[C@@H](OCc3ccccc3)Cc3cc4c(cc3[C@H]21)OCO4. The number of hydrogen-bond acceptors (Lipinski definition) is 6. The molecular formula is C27H25NO5. The van der Waals surface area contributed by atoms with Gasteiger partial charge in [-0.3, -0.25) is 4.90 Å². The highest BCUT2D eigenvalue weighted by Crippen LogP contribution is 2.54. The molecule has 3 heterocycles. The van der Waals surface area contributed by atoms with Crippen molar-refractivity contribution < 1.29 is 23.7 Å². The predicted octanol–water partition coefficient (Wildman–Crippen LogP) is 4.56. The molecule has 4 aliphatic rings. The van der Waals surface area contributed by atoms with Gasteiger partial charge >= 0.3 is 0 Å². The van der Waals surface area contributed by atoms with Crippen LogP contribution in [0.2, 0.25) is 0 Å². The van der Waals surface area contributed by atoms with Crippen LogP contribution in [0.5, 0.6) is 23.0 Å². The summed E-state index contributed by atoms with van der Waals surface area (Å²) in [5.41, 5.74) is 6.26. The lowest BCUT2D eigenvalue weighted by atomic mass is 9.70. The van der Waals surface area contributed by atoms with Gasteiger partial charge in [-0.15, -0.1) is 0 Å². The summed E-state index contributed by atoms with van der Waals surface area (Å²) in [6.45, 7) is 1.94. The van der Waals surface area contributed by atoms with Crippen molar-refractivity contribution in [2.24, 2.45) is 0 Å². The Labute approximate surface area is 192 Å². The normalized spacial score (nSPS) is 24.2. The fraction of sp³-hybridized carbons (Fsp3) is 0.333. The maximum absolute atomic E-state index is 6.67. The van der Waals surface area contributed by atoms with Gasteiger partial charge in [0, 0.05) is 24.1 Å². The Morgan fingerprint density at radius 2 is 1.67 bits per heavy atom. The molecule has 7 rings (SSSR count). The molecule has 0 aromatic heterocycles. The van der Waals surface area contributed by atoms with E-state index < -0.39 is 0 Å². The minimum atomic E-state index is 0.0185. The highest BCUT2D eigenvalue weighted by Gasteiger charge is 2.46. The molecule has 0 amide bonds. The second kappa shape index (κ2) is 7.40. The third-order valence-corrected chi connectivity index (χ3v) is 7.34. The van der Waals surface area contributed by atoms with E-state index in [-0.39, 0.29) is 31.6 Å². The lowest BCUT2D eigenvalue weighted by Crippen LogP contribution is -2.44. The minimum Gasteiger partial charge on any atom is -0.454 e. The highest BCUT2D eigenvalue weighted by atomic mass is 16.7. The summed E-state index contributed by atoms with van der Waals surface area (Å²) >= 11 is 0. The molecule has 0 fully saturated rings. The fourth-order valence-corrected chi connectivity index (χ4v) is 5.88. The van der Waals surface area contributed by atoms with Crippen LogP contribution < -0.4 is 18.9 Å². The third kappa shape index (κ3) is 3.01. The Balaban J connectivity index is 1.34. The summed E-state index contributed by atoms with van der Waals surface area (Å²) in [6.07, 6.45) is 0.840. The van der Waals surface area contributed by atoms with Crippen molar-refractivity contribution in [3.05, 3.63) is 82.4 Å². The van der Waals surface area contributed by atoms with E-state index in [9.17, 15) is 0 Å². The zero-order valence-electron chi connectivity index (χ0n) is 18.5. The molecule has 6 nitrogen and oxygen atoms in total. The van der Waals surface area contributed by atoms with Crippen LogP contribution in [0.15, 0.2) is 54.6 Å². The number of rotatable bonds is 3. The molecule has 0 bridgehead atoms. The quantitative estimate of drug-likeness (QED) is 0.592. The summed E-state index contributed by atoms with van der Waals surface area (Å²) < 4.78 is 29.7. The fourth-order valence-electron chi connectivity index (χ4n) is 5.88. The van der Waals surface area contributed by atoms with Crippen LogP contribution >= 0.6 is 0 Å². The zero-order chi connectivity index (χ0) is 21.9. The Hall–Kier alpha value is -3.22. The second-order valence-corrected chi connectivity index (χ2v) is 9.20. The molecule has 3 aromatic rings. The number of likely N-dealkylation sites (N-methyl/N-ethyl adjacent to an activating group) is 1. The Kier molecular flexibility index (Phi) is 4.32. The molecule has 1 aliphatic carbocycles. The highest BCUT2D eigenvalue weighted by molar-refractivity contribution is 5.58. The molecule has 3 atom stereocenters. The Bertz CT molecular complexity index is 1230. The first-order chi connectivity index (χ1) is 16.3. The van der Waals surface area contributed by atoms with Gasteiger partial charge in [0.1, 0.15) is 0 Å². The molecule has 33 heavy (non-hydrogen) atoms. The van der Waals surface area contributed by atoms with Crippen molar-refractivity contribution >= 4 is 0 Å². The second-order valence-electron chi connectivity index (χ2n) is 9.20. The first-order valence-electron chi connectivity index (χ1n) is 11.5. The van der Waals surface area contributed by atoms with Crippen molar-refractivity contribution in [2.75, 3.05) is 20.6 Å². The van der Waals surface area contributed by atoms with E-state index in [0.717, 1.165) is 36.0 Å². The van der Waals surface area contributed by atoms with Crippen molar-refractivity contribution in [3.63, 3.8) is 0 Å². The van der Waals surface area contributed by atoms with Crippen LogP contribution in [0.1, 0.15) is 39.8 Å². The predicted molar refractivity (Wildman–Crippen MR) is 121 cm³/mol. The van der Waals surface area contributed by atoms with Crippen molar-refractivity contribution in [3.8, 4) is 23.0 Å². The summed E-state index contributed by atoms with van der Waals surface area (Å²) in [5, 5.41) is 0. The van der Waals surface area contributed by atoms with Gasteiger partial charge < -0.3 is 23.7 Å². The van der Waals surface area contributed by atoms with E-state index in [1.54, 1.807) is 0 Å². The minimum absolute atomic E-state index is 0.0185. The van der Waals surface area contributed by atoms with Gasteiger partial charge in [-0.2, -0.15) is 0 Å². The summed E-state index contributed by atoms with van der Waals surface area (Å²) in [6, 6.07) is 19.2. The average molecular weight is 443 g/mol. The van der Waals surface area contributed by atoms with Gasteiger partial charge in [0.25, 0.3) is 0 Å². The van der Waals surface area contributed by atoms with Crippen LogP contribution in [-0.2, 0) is 24.3 Å². The third-order valence-electron chi connectivity index (χ3n) is 7.34. The summed E-state index contributed by atoms with van der Waals surface area (Å²) in [4.78, 5) is 2.41. The number of fused-ring (bicyclic) bond motifs is 8. The maximum atomic E-state index is 6.67. The molecule has 168 valence electrons. The zero-order valence-corrected chi connectivity index (χ0v) is 18.5. The number of benzene rings is 3. The smallest absolute Gasteiger partial charge is 0.231 e. The van der Waals surface area contributed by atoms with Gasteiger partial charge in [-0.05, 0) is 53.9 Å². The molecule has 0 N–H and O–H groups in total. The van der Waals surface area contributed by atoms with Crippen molar-refractivity contribution in [1.82, 2.24) is 4.90 Å². The molecule has 0 saturated carbocycles. The molecule has 3 aliphatic heterocycles. The van der Waals surface area contributed by atoms with E-state index >= 15 is 0 Å². The van der Waals surface area contributed by atoms with Gasteiger partial charge in [0.05, 0.1) is 12.7 Å². The van der Waals surface area contributed by atoms with E-state index in [1.807, 2.05) is 12.1 Å². The number of ether oxygens (including phenoxy) is 5. The van der Waals surface area contributed by atoms with Crippen LogP contribution in [0, 0.1) is 0 Å². The van der Waals surface area contributed by atoms with E-state index in [0.29, 0.717) is 6.61 Å². The molecule has 3 aromatic carbocycles. The maximum Gasteiger partial charge on any atom is 0.231 e. The topological polar surface area (TPSA) is 49.4 Å². The molecular weight excluding hydrogens is 418 g/mol. The lowest BCUT2D eigenvalue weighted by Gasteiger charge is -2.48. The first kappa shape index (κ1) is 19.3. The van der Waals surface area contributed by atoms with Crippen LogP contribution in [0.3, 0.4) is 0 Å². The van der Waals surface area contributed by atoms with Crippen LogP contribution in [0.4, 0.5) is 0 Å². The van der Waals surface area contributed by atoms with Gasteiger partial charge in [-0.1, -0.05) is 36.4 Å². The summed E-state index contributed by atoms with van der Waals surface area (Å²) in [5.74, 6) is 3.56. The molecule has 0 unspecified atom stereocenters. The lowest BCUT2D eigenvalue weighted by molar-refractivity contribution is -0.0147. The standard InChI is InChI=1S/C27H25NO5/c1-28-12-20-18(7-8-21-27(20)33-15-30-21)25-24(29-13-16-5-3-2-4-6-16)10-17-9-22-23(32-14-31-22)11-19(17)26(25)28/h2-9,11,24-26H,10,12-15H2,1H3/t24-,25-,26+/m0/s1. The summed E-state index contributed by atoms with van der Waals surface area (Å²) in [7, 11) is 2.18. The number of nitrogens with zero attached hydrogens (tertiary/aromatic N) is 1. The molecule has 0 spiro atoms.